The van der Waals surface area contributed by atoms with Crippen molar-refractivity contribution in [3.63, 3.8) is 0 Å². The molecule has 28 heavy (non-hydrogen) atoms. The molecule has 5 nitrogen and oxygen atoms in total. The summed E-state index contributed by atoms with van der Waals surface area (Å²) >= 11 is 0. The molecule has 0 aromatic heterocycles. The van der Waals surface area contributed by atoms with E-state index in [9.17, 15) is 14.4 Å². The van der Waals surface area contributed by atoms with Crippen molar-refractivity contribution in [2.45, 2.75) is 13.8 Å². The summed E-state index contributed by atoms with van der Waals surface area (Å²) in [7, 11) is 0. The molecular formula is C23H19NO4. The molecule has 0 atom stereocenters. The molecule has 0 heterocycles. The molecule has 0 saturated heterocycles. The SMILES string of the molecule is CC(=O)Nc1ccc(OC(=O)c2ccc(-c3cccc(C(C)=O)c3)cc2)cc1. The van der Waals surface area contributed by atoms with Gasteiger partial charge in [-0.15, -0.1) is 0 Å². The molecule has 1 N–H and O–H groups in total. The number of carbonyl (C=O) groups excluding carboxylic acids is 3. The van der Waals surface area contributed by atoms with Gasteiger partial charge in [-0.1, -0.05) is 30.3 Å². The van der Waals surface area contributed by atoms with Gasteiger partial charge in [0.15, 0.2) is 5.78 Å². The van der Waals surface area contributed by atoms with Crippen molar-refractivity contribution in [3.8, 4) is 16.9 Å². The first-order chi connectivity index (χ1) is 13.4. The highest BCUT2D eigenvalue weighted by molar-refractivity contribution is 5.95. The van der Waals surface area contributed by atoms with E-state index in [0.29, 0.717) is 22.6 Å². The van der Waals surface area contributed by atoms with Crippen LogP contribution in [0.2, 0.25) is 0 Å². The number of ether oxygens (including phenoxy) is 1. The van der Waals surface area contributed by atoms with Gasteiger partial charge >= 0.3 is 5.97 Å². The molecule has 0 aliphatic rings. The van der Waals surface area contributed by atoms with Gasteiger partial charge < -0.3 is 10.1 Å². The fourth-order valence-electron chi connectivity index (χ4n) is 2.69. The molecule has 3 aromatic rings. The normalized spacial score (nSPS) is 10.2. The van der Waals surface area contributed by atoms with E-state index >= 15 is 0 Å². The van der Waals surface area contributed by atoms with Crippen molar-refractivity contribution in [1.82, 2.24) is 0 Å². The van der Waals surface area contributed by atoms with Gasteiger partial charge in [0.05, 0.1) is 5.56 Å². The van der Waals surface area contributed by atoms with E-state index in [1.165, 1.54) is 13.8 Å². The van der Waals surface area contributed by atoms with Gasteiger partial charge in [0, 0.05) is 18.2 Å². The Hall–Kier alpha value is -3.73. The van der Waals surface area contributed by atoms with Crippen molar-refractivity contribution in [2.75, 3.05) is 5.32 Å². The van der Waals surface area contributed by atoms with Gasteiger partial charge in [0.2, 0.25) is 5.91 Å². The standard InChI is InChI=1S/C23H19NO4/c1-15(25)19-4-3-5-20(14-19)17-6-8-18(9-7-17)23(27)28-22-12-10-21(11-13-22)24-16(2)26/h3-14H,1-2H3,(H,24,26). The van der Waals surface area contributed by atoms with Crippen molar-refractivity contribution >= 4 is 23.3 Å². The number of ketones is 1. The topological polar surface area (TPSA) is 72.5 Å². The highest BCUT2D eigenvalue weighted by atomic mass is 16.5. The molecule has 0 aliphatic carbocycles. The first kappa shape index (κ1) is 19.0. The molecule has 0 bridgehead atoms. The maximum atomic E-state index is 12.3. The zero-order valence-corrected chi connectivity index (χ0v) is 15.6. The van der Waals surface area contributed by atoms with Crippen molar-refractivity contribution in [2.24, 2.45) is 0 Å². The summed E-state index contributed by atoms with van der Waals surface area (Å²) in [4.78, 5) is 34.9. The van der Waals surface area contributed by atoms with E-state index in [2.05, 4.69) is 5.32 Å². The highest BCUT2D eigenvalue weighted by Crippen LogP contribution is 2.22. The summed E-state index contributed by atoms with van der Waals surface area (Å²) < 4.78 is 5.36. The minimum Gasteiger partial charge on any atom is -0.423 e. The number of anilines is 1. The molecule has 1 amide bonds. The summed E-state index contributed by atoms with van der Waals surface area (Å²) in [6.07, 6.45) is 0. The van der Waals surface area contributed by atoms with Crippen LogP contribution in [0.5, 0.6) is 5.75 Å². The second-order valence-corrected chi connectivity index (χ2v) is 6.31. The van der Waals surface area contributed by atoms with Gasteiger partial charge in [0.25, 0.3) is 0 Å². The molecule has 3 rings (SSSR count). The average Bonchev–Trinajstić information content (AvgIpc) is 2.69. The minimum absolute atomic E-state index is 0.00608. The molecule has 3 aromatic carbocycles. The number of benzene rings is 3. The van der Waals surface area contributed by atoms with Crippen molar-refractivity contribution in [1.29, 1.82) is 0 Å². The fourth-order valence-corrected chi connectivity index (χ4v) is 2.69. The molecule has 0 saturated carbocycles. The predicted octanol–water partition coefficient (Wildman–Crippen LogP) is 4.73. The smallest absolute Gasteiger partial charge is 0.343 e. The number of nitrogens with one attached hydrogen (secondary N) is 1. The predicted molar refractivity (Wildman–Crippen MR) is 108 cm³/mol. The Morgan fingerprint density at radius 1 is 0.750 bits per heavy atom. The second kappa shape index (κ2) is 8.31. The van der Waals surface area contributed by atoms with E-state index in [4.69, 9.17) is 4.74 Å². The van der Waals surface area contributed by atoms with Crippen LogP contribution >= 0.6 is 0 Å². The first-order valence-electron chi connectivity index (χ1n) is 8.73. The van der Waals surface area contributed by atoms with Crippen LogP contribution in [-0.2, 0) is 4.79 Å². The highest BCUT2D eigenvalue weighted by Gasteiger charge is 2.10. The molecule has 0 aliphatic heterocycles. The number of esters is 1. The van der Waals surface area contributed by atoms with Gasteiger partial charge in [0.1, 0.15) is 5.75 Å². The molecular weight excluding hydrogens is 354 g/mol. The van der Waals surface area contributed by atoms with Crippen LogP contribution in [0.1, 0.15) is 34.6 Å². The van der Waals surface area contributed by atoms with Crippen LogP contribution in [0.25, 0.3) is 11.1 Å². The Morgan fingerprint density at radius 3 is 2.04 bits per heavy atom. The molecule has 0 radical (unpaired) electrons. The molecule has 0 spiro atoms. The van der Waals surface area contributed by atoms with Crippen LogP contribution in [0.3, 0.4) is 0 Å². The van der Waals surface area contributed by atoms with E-state index in [-0.39, 0.29) is 11.7 Å². The van der Waals surface area contributed by atoms with Crippen molar-refractivity contribution < 1.29 is 19.1 Å². The lowest BCUT2D eigenvalue weighted by Gasteiger charge is -2.07. The maximum Gasteiger partial charge on any atom is 0.343 e. The van der Waals surface area contributed by atoms with Gasteiger partial charge in [-0.25, -0.2) is 4.79 Å². The number of amides is 1. The lowest BCUT2D eigenvalue weighted by molar-refractivity contribution is -0.114. The quantitative estimate of drug-likeness (QED) is 0.398. The minimum atomic E-state index is -0.476. The lowest BCUT2D eigenvalue weighted by Crippen LogP contribution is -2.09. The van der Waals surface area contributed by atoms with Crippen molar-refractivity contribution in [3.05, 3.63) is 83.9 Å². The number of hydrogen-bond acceptors (Lipinski definition) is 4. The van der Waals surface area contributed by atoms with Crippen LogP contribution in [0, 0.1) is 0 Å². The second-order valence-electron chi connectivity index (χ2n) is 6.31. The van der Waals surface area contributed by atoms with Crippen LogP contribution in [-0.4, -0.2) is 17.7 Å². The summed E-state index contributed by atoms with van der Waals surface area (Å²) in [5.74, 6) is -0.251. The Morgan fingerprint density at radius 2 is 1.43 bits per heavy atom. The average molecular weight is 373 g/mol. The zero-order valence-electron chi connectivity index (χ0n) is 15.6. The number of hydrogen-bond donors (Lipinski definition) is 1. The third-order valence-electron chi connectivity index (χ3n) is 4.11. The summed E-state index contributed by atoms with van der Waals surface area (Å²) in [5.41, 5.74) is 3.49. The molecule has 0 fully saturated rings. The molecule has 140 valence electrons. The van der Waals surface area contributed by atoms with E-state index in [0.717, 1.165) is 11.1 Å². The van der Waals surface area contributed by atoms with Gasteiger partial charge in [-0.3, -0.25) is 9.59 Å². The Balaban J connectivity index is 1.71. The largest absolute Gasteiger partial charge is 0.423 e. The van der Waals surface area contributed by atoms with Crippen LogP contribution in [0.4, 0.5) is 5.69 Å². The number of carbonyl (C=O) groups is 3. The molecule has 5 heteroatoms. The third kappa shape index (κ3) is 4.71. The Bertz CT molecular complexity index is 1020. The zero-order chi connectivity index (χ0) is 20.1. The van der Waals surface area contributed by atoms with Gasteiger partial charge in [-0.2, -0.15) is 0 Å². The van der Waals surface area contributed by atoms with Crippen LogP contribution in [0.15, 0.2) is 72.8 Å². The van der Waals surface area contributed by atoms with Gasteiger partial charge in [-0.05, 0) is 60.5 Å². The third-order valence-corrected chi connectivity index (χ3v) is 4.11. The lowest BCUT2D eigenvalue weighted by atomic mass is 10.0. The Labute approximate surface area is 163 Å². The van der Waals surface area contributed by atoms with E-state index < -0.39 is 5.97 Å². The van der Waals surface area contributed by atoms with E-state index in [1.807, 2.05) is 30.3 Å². The first-order valence-corrected chi connectivity index (χ1v) is 8.73. The molecule has 0 unspecified atom stereocenters. The maximum absolute atomic E-state index is 12.3. The fraction of sp³-hybridized carbons (Fsp3) is 0.0870. The Kier molecular flexibility index (Phi) is 5.65. The summed E-state index contributed by atoms with van der Waals surface area (Å²) in [6, 6.07) is 20.9. The summed E-state index contributed by atoms with van der Waals surface area (Å²) in [6.45, 7) is 2.95. The number of rotatable bonds is 5. The monoisotopic (exact) mass is 373 g/mol. The van der Waals surface area contributed by atoms with Crippen LogP contribution < -0.4 is 10.1 Å². The van der Waals surface area contributed by atoms with E-state index in [1.54, 1.807) is 42.5 Å². The number of Topliss-reactive ketones (excluding diaryl/α,β-unsaturated/α-hetero) is 1. The summed E-state index contributed by atoms with van der Waals surface area (Å²) in [5, 5.41) is 2.65.